The average molecular weight is 431 g/mol. The van der Waals surface area contributed by atoms with Crippen LogP contribution in [0.5, 0.6) is 0 Å². The molecular formula is C22H27ClN4O3. The van der Waals surface area contributed by atoms with E-state index in [-0.39, 0.29) is 36.1 Å². The highest BCUT2D eigenvalue weighted by Gasteiger charge is 2.58. The summed E-state index contributed by atoms with van der Waals surface area (Å²) in [4.78, 5) is 31.7. The van der Waals surface area contributed by atoms with Crippen molar-refractivity contribution in [3.8, 4) is 0 Å². The van der Waals surface area contributed by atoms with Crippen molar-refractivity contribution in [3.05, 3.63) is 46.6 Å². The zero-order valence-corrected chi connectivity index (χ0v) is 18.3. The molecule has 3 atom stereocenters. The van der Waals surface area contributed by atoms with Crippen LogP contribution in [0.3, 0.4) is 0 Å². The third-order valence-electron chi connectivity index (χ3n) is 6.31. The Labute approximate surface area is 181 Å². The standard InChI is InChI=1S/C22H27ClN4O3/c1-13(2)20(29)27-11-16-9-17(10-22(16,12-27)21-24-14(3)26-30-21)25-19(28)8-15-6-4-5-7-18(15)23/h4-7,13,16-17H,8-12H2,1-3H3,(H,25,28)/t16-,17+,22-/m0/s1. The van der Waals surface area contributed by atoms with E-state index in [0.29, 0.717) is 36.2 Å². The van der Waals surface area contributed by atoms with Crippen molar-refractivity contribution in [1.82, 2.24) is 20.4 Å². The molecule has 8 heteroatoms. The molecule has 1 aliphatic heterocycles. The third-order valence-corrected chi connectivity index (χ3v) is 6.68. The van der Waals surface area contributed by atoms with Gasteiger partial charge in [0, 0.05) is 30.1 Å². The lowest BCUT2D eigenvalue weighted by Gasteiger charge is -2.26. The lowest BCUT2D eigenvalue weighted by atomic mass is 9.80. The molecule has 4 rings (SSSR count). The number of carbonyl (C=O) groups is 2. The topological polar surface area (TPSA) is 88.3 Å². The Hall–Kier alpha value is -2.41. The Bertz CT molecular complexity index is 959. The molecule has 1 saturated carbocycles. The van der Waals surface area contributed by atoms with Gasteiger partial charge < -0.3 is 14.7 Å². The minimum absolute atomic E-state index is 0.00602. The van der Waals surface area contributed by atoms with E-state index < -0.39 is 5.41 Å². The second-order valence-corrected chi connectivity index (χ2v) is 9.25. The van der Waals surface area contributed by atoms with Gasteiger partial charge in [-0.05, 0) is 37.3 Å². The number of aryl methyl sites for hydroxylation is 1. The molecule has 2 aliphatic rings. The number of benzene rings is 1. The van der Waals surface area contributed by atoms with Crippen molar-refractivity contribution in [2.75, 3.05) is 13.1 Å². The molecule has 2 aromatic rings. The summed E-state index contributed by atoms with van der Waals surface area (Å²) >= 11 is 6.19. The fourth-order valence-electron chi connectivity index (χ4n) is 4.94. The van der Waals surface area contributed by atoms with E-state index in [1.54, 1.807) is 13.0 Å². The summed E-state index contributed by atoms with van der Waals surface area (Å²) in [7, 11) is 0. The van der Waals surface area contributed by atoms with E-state index in [2.05, 4.69) is 15.5 Å². The fraction of sp³-hybridized carbons (Fsp3) is 0.545. The summed E-state index contributed by atoms with van der Waals surface area (Å²) in [5.74, 6) is 1.35. The molecular weight excluding hydrogens is 404 g/mol. The van der Waals surface area contributed by atoms with Crippen LogP contribution in [0.2, 0.25) is 5.02 Å². The monoisotopic (exact) mass is 430 g/mol. The van der Waals surface area contributed by atoms with Gasteiger partial charge in [-0.2, -0.15) is 4.98 Å². The minimum atomic E-state index is -0.409. The van der Waals surface area contributed by atoms with E-state index in [0.717, 1.165) is 12.0 Å². The number of halogens is 1. The predicted octanol–water partition coefficient (Wildman–Crippen LogP) is 2.90. The van der Waals surface area contributed by atoms with E-state index in [1.807, 2.05) is 36.9 Å². The number of hydrogen-bond donors (Lipinski definition) is 1. The molecule has 1 aromatic carbocycles. The molecule has 1 aliphatic carbocycles. The predicted molar refractivity (Wildman–Crippen MR) is 112 cm³/mol. The lowest BCUT2D eigenvalue weighted by molar-refractivity contribution is -0.134. The van der Waals surface area contributed by atoms with Crippen molar-refractivity contribution in [2.24, 2.45) is 11.8 Å². The van der Waals surface area contributed by atoms with Gasteiger partial charge in [0.15, 0.2) is 5.82 Å². The highest BCUT2D eigenvalue weighted by molar-refractivity contribution is 6.31. The van der Waals surface area contributed by atoms with Gasteiger partial charge in [0.25, 0.3) is 0 Å². The van der Waals surface area contributed by atoms with Crippen LogP contribution in [0.1, 0.15) is 44.0 Å². The van der Waals surface area contributed by atoms with Crippen LogP contribution in [0.25, 0.3) is 0 Å². The summed E-state index contributed by atoms with van der Waals surface area (Å²) in [6, 6.07) is 7.37. The molecule has 7 nitrogen and oxygen atoms in total. The van der Waals surface area contributed by atoms with Crippen LogP contribution < -0.4 is 5.32 Å². The number of hydrogen-bond acceptors (Lipinski definition) is 5. The number of amides is 2. The highest BCUT2D eigenvalue weighted by atomic mass is 35.5. The van der Waals surface area contributed by atoms with Gasteiger partial charge in [-0.15, -0.1) is 0 Å². The van der Waals surface area contributed by atoms with Crippen LogP contribution in [-0.2, 0) is 21.4 Å². The summed E-state index contributed by atoms with van der Waals surface area (Å²) in [5.41, 5.74) is 0.402. The molecule has 0 spiro atoms. The van der Waals surface area contributed by atoms with Crippen LogP contribution in [0.4, 0.5) is 0 Å². The first kappa shape index (κ1) is 20.8. The first-order valence-corrected chi connectivity index (χ1v) is 10.8. The third kappa shape index (κ3) is 3.83. The number of nitrogens with zero attached hydrogens (tertiary/aromatic N) is 3. The number of fused-ring (bicyclic) bond motifs is 1. The number of aromatic nitrogens is 2. The largest absolute Gasteiger partial charge is 0.353 e. The molecule has 2 heterocycles. The summed E-state index contributed by atoms with van der Waals surface area (Å²) in [6.07, 6.45) is 1.69. The molecule has 1 aromatic heterocycles. The molecule has 1 saturated heterocycles. The second kappa shape index (κ2) is 8.02. The Balaban J connectivity index is 1.50. The Morgan fingerprint density at radius 2 is 2.13 bits per heavy atom. The smallest absolute Gasteiger partial charge is 0.235 e. The van der Waals surface area contributed by atoms with Gasteiger partial charge in [0.1, 0.15) is 0 Å². The SMILES string of the molecule is Cc1noc([C@]23C[C@H](NC(=O)Cc4ccccc4Cl)C[C@H]2CN(C(=O)C(C)C)C3)n1. The van der Waals surface area contributed by atoms with Crippen LogP contribution in [0.15, 0.2) is 28.8 Å². The Kier molecular flexibility index (Phi) is 5.57. The Morgan fingerprint density at radius 3 is 2.80 bits per heavy atom. The molecule has 2 amide bonds. The minimum Gasteiger partial charge on any atom is -0.353 e. The number of rotatable bonds is 5. The zero-order valence-electron chi connectivity index (χ0n) is 17.5. The lowest BCUT2D eigenvalue weighted by Crippen LogP contribution is -2.40. The van der Waals surface area contributed by atoms with Crippen molar-refractivity contribution in [3.63, 3.8) is 0 Å². The summed E-state index contributed by atoms with van der Waals surface area (Å²) in [6.45, 7) is 6.82. The van der Waals surface area contributed by atoms with Crippen molar-refractivity contribution < 1.29 is 14.1 Å². The maximum absolute atomic E-state index is 12.7. The van der Waals surface area contributed by atoms with Crippen LogP contribution in [0, 0.1) is 18.8 Å². The van der Waals surface area contributed by atoms with E-state index in [4.69, 9.17) is 16.1 Å². The van der Waals surface area contributed by atoms with Crippen LogP contribution >= 0.6 is 11.6 Å². The van der Waals surface area contributed by atoms with Gasteiger partial charge >= 0.3 is 0 Å². The van der Waals surface area contributed by atoms with E-state index >= 15 is 0 Å². The maximum Gasteiger partial charge on any atom is 0.235 e. The molecule has 2 fully saturated rings. The summed E-state index contributed by atoms with van der Waals surface area (Å²) < 4.78 is 5.58. The van der Waals surface area contributed by atoms with Gasteiger partial charge in [-0.3, -0.25) is 9.59 Å². The van der Waals surface area contributed by atoms with Crippen LogP contribution in [-0.4, -0.2) is 46.0 Å². The summed E-state index contributed by atoms with van der Waals surface area (Å²) in [5, 5.41) is 7.74. The molecule has 0 bridgehead atoms. The van der Waals surface area contributed by atoms with Crippen molar-refractivity contribution in [1.29, 1.82) is 0 Å². The molecule has 160 valence electrons. The van der Waals surface area contributed by atoms with E-state index in [1.165, 1.54) is 0 Å². The molecule has 1 N–H and O–H groups in total. The van der Waals surface area contributed by atoms with E-state index in [9.17, 15) is 9.59 Å². The van der Waals surface area contributed by atoms with Crippen molar-refractivity contribution in [2.45, 2.75) is 51.5 Å². The number of nitrogens with one attached hydrogen (secondary N) is 1. The fourth-order valence-corrected chi connectivity index (χ4v) is 5.14. The number of carbonyl (C=O) groups excluding carboxylic acids is 2. The molecule has 0 radical (unpaired) electrons. The molecule has 30 heavy (non-hydrogen) atoms. The van der Waals surface area contributed by atoms with Gasteiger partial charge in [-0.1, -0.05) is 48.8 Å². The quantitative estimate of drug-likeness (QED) is 0.787. The average Bonchev–Trinajstić information content (AvgIpc) is 3.35. The van der Waals surface area contributed by atoms with Crippen molar-refractivity contribution >= 4 is 23.4 Å². The Morgan fingerprint density at radius 1 is 1.37 bits per heavy atom. The normalized spacial score (nSPS) is 25.6. The molecule has 0 unspecified atom stereocenters. The second-order valence-electron chi connectivity index (χ2n) is 8.85. The van der Waals surface area contributed by atoms with Gasteiger partial charge in [-0.25, -0.2) is 0 Å². The highest BCUT2D eigenvalue weighted by Crippen LogP contribution is 2.50. The first-order chi connectivity index (χ1) is 14.3. The number of likely N-dealkylation sites (tertiary alicyclic amines) is 1. The van der Waals surface area contributed by atoms with Gasteiger partial charge in [0.05, 0.1) is 11.8 Å². The zero-order chi connectivity index (χ0) is 21.5. The first-order valence-electron chi connectivity index (χ1n) is 10.4. The maximum atomic E-state index is 12.7. The van der Waals surface area contributed by atoms with Gasteiger partial charge in [0.2, 0.25) is 17.7 Å².